The molecule has 2 aliphatic rings. The Labute approximate surface area is 97.2 Å². The standard InChI is InChI=1S/C13H21N3/c1-3-14-13(9-7-15-16(2)8-9)12-10-5-4-6-11(10)12/h7-8,10-14H,3-6H2,1-2H3. The summed E-state index contributed by atoms with van der Waals surface area (Å²) in [7, 11) is 2.00. The summed E-state index contributed by atoms with van der Waals surface area (Å²) in [6.07, 6.45) is 8.56. The lowest BCUT2D eigenvalue weighted by molar-refractivity contribution is 0.425. The number of rotatable bonds is 4. The van der Waals surface area contributed by atoms with Crippen LogP contribution >= 0.6 is 0 Å². The number of hydrogen-bond donors (Lipinski definition) is 1. The molecule has 0 spiro atoms. The Morgan fingerprint density at radius 1 is 1.50 bits per heavy atom. The van der Waals surface area contributed by atoms with Gasteiger partial charge in [0.1, 0.15) is 0 Å². The number of aryl methyl sites for hydroxylation is 1. The molecule has 1 aromatic heterocycles. The molecule has 1 aromatic rings. The molecule has 2 saturated carbocycles. The molecule has 88 valence electrons. The van der Waals surface area contributed by atoms with Gasteiger partial charge in [0.15, 0.2) is 0 Å². The minimum atomic E-state index is 0.550. The van der Waals surface area contributed by atoms with Crippen LogP contribution < -0.4 is 5.32 Å². The average molecular weight is 219 g/mol. The maximum absolute atomic E-state index is 4.30. The fourth-order valence-electron chi connectivity index (χ4n) is 3.67. The SMILES string of the molecule is CCNC(c1cnn(C)c1)C1C2CCCC21. The highest BCUT2D eigenvalue weighted by Crippen LogP contribution is 2.62. The van der Waals surface area contributed by atoms with Crippen molar-refractivity contribution in [2.75, 3.05) is 6.54 Å². The zero-order valence-corrected chi connectivity index (χ0v) is 10.2. The van der Waals surface area contributed by atoms with Gasteiger partial charge in [-0.1, -0.05) is 13.3 Å². The molecule has 0 aliphatic heterocycles. The van der Waals surface area contributed by atoms with Crippen molar-refractivity contribution in [3.05, 3.63) is 18.0 Å². The number of hydrogen-bond acceptors (Lipinski definition) is 2. The Balaban J connectivity index is 1.77. The van der Waals surface area contributed by atoms with Crippen molar-refractivity contribution in [3.63, 3.8) is 0 Å². The molecular formula is C13H21N3. The highest BCUT2D eigenvalue weighted by molar-refractivity contribution is 5.18. The average Bonchev–Trinajstić information content (AvgIpc) is 2.70. The summed E-state index contributed by atoms with van der Waals surface area (Å²) in [5, 5.41) is 7.95. The van der Waals surface area contributed by atoms with Gasteiger partial charge in [-0.05, 0) is 37.1 Å². The molecule has 1 heterocycles. The summed E-state index contributed by atoms with van der Waals surface area (Å²) in [6, 6.07) is 0.550. The molecule has 1 N–H and O–H groups in total. The van der Waals surface area contributed by atoms with Crippen LogP contribution in [0.4, 0.5) is 0 Å². The minimum absolute atomic E-state index is 0.550. The fourth-order valence-corrected chi connectivity index (χ4v) is 3.67. The fraction of sp³-hybridized carbons (Fsp3) is 0.769. The van der Waals surface area contributed by atoms with Crippen LogP contribution in [-0.4, -0.2) is 16.3 Å². The van der Waals surface area contributed by atoms with E-state index in [1.807, 2.05) is 17.9 Å². The second kappa shape index (κ2) is 3.88. The molecule has 0 radical (unpaired) electrons. The smallest absolute Gasteiger partial charge is 0.0537 e. The first-order valence-corrected chi connectivity index (χ1v) is 6.53. The van der Waals surface area contributed by atoms with E-state index in [9.17, 15) is 0 Å². The summed E-state index contributed by atoms with van der Waals surface area (Å²) in [5.74, 6) is 2.89. The van der Waals surface area contributed by atoms with Crippen LogP contribution in [0, 0.1) is 17.8 Å². The lowest BCUT2D eigenvalue weighted by atomic mass is 9.99. The first kappa shape index (κ1) is 10.3. The molecule has 0 saturated heterocycles. The van der Waals surface area contributed by atoms with Crippen LogP contribution in [-0.2, 0) is 7.05 Å². The largest absolute Gasteiger partial charge is 0.310 e. The zero-order valence-electron chi connectivity index (χ0n) is 10.2. The molecule has 2 fully saturated rings. The predicted octanol–water partition coefficient (Wildman–Crippen LogP) is 2.12. The normalized spacial score (nSPS) is 33.8. The van der Waals surface area contributed by atoms with E-state index in [2.05, 4.69) is 23.5 Å². The van der Waals surface area contributed by atoms with Gasteiger partial charge in [0, 0.05) is 24.8 Å². The lowest BCUT2D eigenvalue weighted by Crippen LogP contribution is -2.24. The molecule has 16 heavy (non-hydrogen) atoms. The van der Waals surface area contributed by atoms with Crippen LogP contribution in [0.2, 0.25) is 0 Å². The maximum atomic E-state index is 4.30. The topological polar surface area (TPSA) is 29.9 Å². The first-order valence-electron chi connectivity index (χ1n) is 6.53. The highest BCUT2D eigenvalue weighted by atomic mass is 15.2. The zero-order chi connectivity index (χ0) is 11.1. The van der Waals surface area contributed by atoms with Crippen LogP contribution in [0.5, 0.6) is 0 Å². The Bertz CT molecular complexity index is 361. The van der Waals surface area contributed by atoms with E-state index >= 15 is 0 Å². The number of aromatic nitrogens is 2. The summed E-state index contributed by atoms with van der Waals surface area (Å²) in [5.41, 5.74) is 1.38. The molecule has 0 amide bonds. The van der Waals surface area contributed by atoms with Crippen molar-refractivity contribution in [3.8, 4) is 0 Å². The second-order valence-corrected chi connectivity index (χ2v) is 5.32. The van der Waals surface area contributed by atoms with Crippen molar-refractivity contribution < 1.29 is 0 Å². The van der Waals surface area contributed by atoms with Crippen molar-refractivity contribution in [2.45, 2.75) is 32.2 Å². The van der Waals surface area contributed by atoms with E-state index in [1.54, 1.807) is 0 Å². The molecule has 3 nitrogen and oxygen atoms in total. The summed E-state index contributed by atoms with van der Waals surface area (Å²) < 4.78 is 1.91. The maximum Gasteiger partial charge on any atom is 0.0537 e. The number of nitrogens with zero attached hydrogens (tertiary/aromatic N) is 2. The van der Waals surface area contributed by atoms with E-state index in [0.29, 0.717) is 6.04 Å². The van der Waals surface area contributed by atoms with Gasteiger partial charge in [0.25, 0.3) is 0 Å². The molecule has 3 atom stereocenters. The number of nitrogens with one attached hydrogen (secondary N) is 1. The predicted molar refractivity (Wildman–Crippen MR) is 63.9 cm³/mol. The van der Waals surface area contributed by atoms with E-state index in [0.717, 1.165) is 24.3 Å². The third kappa shape index (κ3) is 1.58. The van der Waals surface area contributed by atoms with Crippen molar-refractivity contribution in [2.24, 2.45) is 24.8 Å². The number of fused-ring (bicyclic) bond motifs is 1. The Hall–Kier alpha value is -0.830. The van der Waals surface area contributed by atoms with Gasteiger partial charge in [0.05, 0.1) is 6.20 Å². The monoisotopic (exact) mass is 219 g/mol. The third-order valence-electron chi connectivity index (χ3n) is 4.37. The molecule has 3 rings (SSSR count). The summed E-state index contributed by atoms with van der Waals surface area (Å²) in [4.78, 5) is 0. The van der Waals surface area contributed by atoms with Gasteiger partial charge < -0.3 is 5.32 Å². The Morgan fingerprint density at radius 2 is 2.25 bits per heavy atom. The van der Waals surface area contributed by atoms with Crippen LogP contribution in [0.15, 0.2) is 12.4 Å². The van der Waals surface area contributed by atoms with Gasteiger partial charge in [-0.25, -0.2) is 0 Å². The van der Waals surface area contributed by atoms with Gasteiger partial charge in [-0.3, -0.25) is 4.68 Å². The van der Waals surface area contributed by atoms with E-state index < -0.39 is 0 Å². The van der Waals surface area contributed by atoms with Crippen molar-refractivity contribution in [1.82, 2.24) is 15.1 Å². The Kier molecular flexibility index (Phi) is 2.51. The van der Waals surface area contributed by atoms with E-state index in [-0.39, 0.29) is 0 Å². The molecule has 3 unspecified atom stereocenters. The van der Waals surface area contributed by atoms with E-state index in [4.69, 9.17) is 0 Å². The molecule has 2 aliphatic carbocycles. The minimum Gasteiger partial charge on any atom is -0.310 e. The van der Waals surface area contributed by atoms with Crippen molar-refractivity contribution in [1.29, 1.82) is 0 Å². The molecule has 0 bridgehead atoms. The van der Waals surface area contributed by atoms with Gasteiger partial charge in [-0.2, -0.15) is 5.10 Å². The molecular weight excluding hydrogens is 198 g/mol. The molecule has 0 aromatic carbocycles. The van der Waals surface area contributed by atoms with Gasteiger partial charge in [0.2, 0.25) is 0 Å². The second-order valence-electron chi connectivity index (χ2n) is 5.32. The van der Waals surface area contributed by atoms with Crippen molar-refractivity contribution >= 4 is 0 Å². The van der Waals surface area contributed by atoms with Crippen LogP contribution in [0.25, 0.3) is 0 Å². The summed E-state index contributed by atoms with van der Waals surface area (Å²) >= 11 is 0. The quantitative estimate of drug-likeness (QED) is 0.840. The van der Waals surface area contributed by atoms with E-state index in [1.165, 1.54) is 24.8 Å². The van der Waals surface area contributed by atoms with Gasteiger partial charge >= 0.3 is 0 Å². The molecule has 3 heteroatoms. The first-order chi connectivity index (χ1) is 7.81. The summed E-state index contributed by atoms with van der Waals surface area (Å²) in [6.45, 7) is 3.25. The lowest BCUT2D eigenvalue weighted by Gasteiger charge is -2.18. The Morgan fingerprint density at radius 3 is 2.81 bits per heavy atom. The van der Waals surface area contributed by atoms with Crippen LogP contribution in [0.1, 0.15) is 37.8 Å². The highest BCUT2D eigenvalue weighted by Gasteiger charge is 2.56. The van der Waals surface area contributed by atoms with Crippen LogP contribution in [0.3, 0.4) is 0 Å². The third-order valence-corrected chi connectivity index (χ3v) is 4.37. The van der Waals surface area contributed by atoms with Gasteiger partial charge in [-0.15, -0.1) is 0 Å².